The number of nitrogens with one attached hydrogen (secondary N) is 1. The van der Waals surface area contributed by atoms with Gasteiger partial charge in [0.25, 0.3) is 0 Å². The molecule has 2 aromatic carbocycles. The summed E-state index contributed by atoms with van der Waals surface area (Å²) in [5.74, 6) is 0.560. The van der Waals surface area contributed by atoms with E-state index in [4.69, 9.17) is 39.1 Å². The molecule has 0 amide bonds. The van der Waals surface area contributed by atoms with Crippen molar-refractivity contribution >= 4 is 29.0 Å². The lowest BCUT2D eigenvalue weighted by atomic mass is 10.1. The van der Waals surface area contributed by atoms with E-state index in [0.29, 0.717) is 28.0 Å². The Kier molecular flexibility index (Phi) is 4.30. The zero-order valence-corrected chi connectivity index (χ0v) is 11.5. The summed E-state index contributed by atoms with van der Waals surface area (Å²) in [5.41, 5.74) is 7.01. The summed E-state index contributed by atoms with van der Waals surface area (Å²) in [4.78, 5) is 0. The van der Waals surface area contributed by atoms with Crippen LogP contribution in [0.5, 0.6) is 5.75 Å². The van der Waals surface area contributed by atoms with Crippen LogP contribution in [-0.4, -0.2) is 5.84 Å². The minimum absolute atomic E-state index is 0.0302. The van der Waals surface area contributed by atoms with Crippen molar-refractivity contribution in [2.45, 2.75) is 6.61 Å². The van der Waals surface area contributed by atoms with Crippen molar-refractivity contribution in [2.24, 2.45) is 5.73 Å². The predicted molar refractivity (Wildman–Crippen MR) is 78.3 cm³/mol. The van der Waals surface area contributed by atoms with Crippen molar-refractivity contribution in [3.63, 3.8) is 0 Å². The Hall–Kier alpha value is -1.71. The average molecular weight is 295 g/mol. The molecule has 0 radical (unpaired) electrons. The Labute approximate surface area is 121 Å². The van der Waals surface area contributed by atoms with E-state index in [9.17, 15) is 0 Å². The Bertz CT molecular complexity index is 614. The van der Waals surface area contributed by atoms with Crippen molar-refractivity contribution < 1.29 is 4.74 Å². The van der Waals surface area contributed by atoms with Crippen LogP contribution >= 0.6 is 23.2 Å². The first kappa shape index (κ1) is 13.7. The number of amidine groups is 1. The van der Waals surface area contributed by atoms with Crippen molar-refractivity contribution in [3.8, 4) is 5.75 Å². The lowest BCUT2D eigenvalue weighted by molar-refractivity contribution is 0.306. The molecule has 0 aliphatic heterocycles. The zero-order chi connectivity index (χ0) is 13.8. The number of nitrogens with two attached hydrogens (primary N) is 1. The summed E-state index contributed by atoms with van der Waals surface area (Å²) in [6.07, 6.45) is 0. The molecular weight excluding hydrogens is 283 g/mol. The van der Waals surface area contributed by atoms with Crippen LogP contribution in [0.25, 0.3) is 0 Å². The van der Waals surface area contributed by atoms with Crippen LogP contribution in [0.15, 0.2) is 42.5 Å². The van der Waals surface area contributed by atoms with Crippen molar-refractivity contribution in [3.05, 3.63) is 63.6 Å². The first-order valence-corrected chi connectivity index (χ1v) is 6.33. The lowest BCUT2D eigenvalue weighted by Crippen LogP contribution is -2.11. The Morgan fingerprint density at radius 1 is 1.16 bits per heavy atom. The molecule has 0 heterocycles. The molecule has 5 heteroatoms. The molecule has 0 bridgehead atoms. The van der Waals surface area contributed by atoms with E-state index in [0.717, 1.165) is 5.56 Å². The van der Waals surface area contributed by atoms with Gasteiger partial charge in [-0.15, -0.1) is 0 Å². The third-order valence-electron chi connectivity index (χ3n) is 2.55. The van der Waals surface area contributed by atoms with Gasteiger partial charge >= 0.3 is 0 Å². The van der Waals surface area contributed by atoms with Gasteiger partial charge in [0.2, 0.25) is 0 Å². The van der Waals surface area contributed by atoms with Crippen LogP contribution in [0.1, 0.15) is 11.1 Å². The van der Waals surface area contributed by atoms with Gasteiger partial charge in [0.1, 0.15) is 23.2 Å². The molecule has 3 nitrogen and oxygen atoms in total. The molecule has 19 heavy (non-hydrogen) atoms. The Morgan fingerprint density at radius 3 is 2.63 bits per heavy atom. The van der Waals surface area contributed by atoms with Gasteiger partial charge in [0.15, 0.2) is 0 Å². The fraction of sp³-hybridized carbons (Fsp3) is 0.0714. The second-order valence-electron chi connectivity index (χ2n) is 3.95. The number of halogens is 2. The third kappa shape index (κ3) is 3.40. The zero-order valence-electron chi connectivity index (χ0n) is 9.99. The van der Waals surface area contributed by atoms with Gasteiger partial charge in [-0.2, -0.15) is 0 Å². The van der Waals surface area contributed by atoms with Crippen LogP contribution in [0.4, 0.5) is 0 Å². The minimum atomic E-state index is 0.0302. The van der Waals surface area contributed by atoms with E-state index in [1.807, 2.05) is 12.1 Å². The molecule has 3 N–H and O–H groups in total. The second kappa shape index (κ2) is 5.95. The van der Waals surface area contributed by atoms with Crippen molar-refractivity contribution in [1.82, 2.24) is 0 Å². The van der Waals surface area contributed by atoms with Gasteiger partial charge in [-0.25, -0.2) is 0 Å². The smallest absolute Gasteiger partial charge is 0.139 e. The fourth-order valence-corrected chi connectivity index (χ4v) is 1.93. The molecular formula is C14H12Cl2N2O. The summed E-state index contributed by atoms with van der Waals surface area (Å²) in [6, 6.07) is 12.5. The summed E-state index contributed by atoms with van der Waals surface area (Å²) < 4.78 is 5.61. The molecule has 0 aliphatic rings. The predicted octanol–water partition coefficient (Wildman–Crippen LogP) is 3.86. The maximum Gasteiger partial charge on any atom is 0.139 e. The van der Waals surface area contributed by atoms with Crippen LogP contribution in [0.3, 0.4) is 0 Å². The molecule has 0 unspecified atom stereocenters. The maximum absolute atomic E-state index is 7.39. The number of benzene rings is 2. The molecule has 0 saturated heterocycles. The molecule has 0 spiro atoms. The maximum atomic E-state index is 7.39. The molecule has 0 atom stereocenters. The van der Waals surface area contributed by atoms with Crippen molar-refractivity contribution in [1.29, 1.82) is 5.41 Å². The van der Waals surface area contributed by atoms with Crippen LogP contribution in [-0.2, 0) is 6.61 Å². The molecule has 98 valence electrons. The molecule has 0 aliphatic carbocycles. The quantitative estimate of drug-likeness (QED) is 0.664. The van der Waals surface area contributed by atoms with E-state index in [2.05, 4.69) is 0 Å². The molecule has 2 rings (SSSR count). The standard InChI is InChI=1S/C14H12Cl2N2O/c15-11-5-2-6-12(13(11)16)19-8-9-3-1-4-10(7-9)14(17)18/h1-7H,8H2,(H3,17,18). The SMILES string of the molecule is N=C(N)c1cccc(COc2cccc(Cl)c2Cl)c1. The fourth-order valence-electron chi connectivity index (χ4n) is 1.59. The van der Waals surface area contributed by atoms with Gasteiger partial charge in [0, 0.05) is 5.56 Å². The van der Waals surface area contributed by atoms with E-state index in [-0.39, 0.29) is 5.84 Å². The summed E-state index contributed by atoms with van der Waals surface area (Å²) in [6.45, 7) is 0.335. The number of hydrogen-bond acceptors (Lipinski definition) is 2. The molecule has 0 fully saturated rings. The summed E-state index contributed by atoms with van der Waals surface area (Å²) in [7, 11) is 0. The highest BCUT2D eigenvalue weighted by molar-refractivity contribution is 6.42. The molecule has 2 aromatic rings. The van der Waals surface area contributed by atoms with E-state index in [1.165, 1.54) is 0 Å². The third-order valence-corrected chi connectivity index (χ3v) is 3.35. The largest absolute Gasteiger partial charge is 0.487 e. The first-order valence-electron chi connectivity index (χ1n) is 5.58. The number of hydrogen-bond donors (Lipinski definition) is 2. The van der Waals surface area contributed by atoms with Crippen LogP contribution in [0, 0.1) is 5.41 Å². The van der Waals surface area contributed by atoms with E-state index < -0.39 is 0 Å². The molecule has 0 aromatic heterocycles. The Balaban J connectivity index is 2.12. The van der Waals surface area contributed by atoms with Crippen molar-refractivity contribution in [2.75, 3.05) is 0 Å². The summed E-state index contributed by atoms with van der Waals surface area (Å²) in [5, 5.41) is 8.24. The van der Waals surface area contributed by atoms with Gasteiger partial charge in [-0.05, 0) is 23.8 Å². The highest BCUT2D eigenvalue weighted by atomic mass is 35.5. The van der Waals surface area contributed by atoms with Crippen LogP contribution in [0.2, 0.25) is 10.0 Å². The number of nitrogen functional groups attached to an aromatic ring is 1. The first-order chi connectivity index (χ1) is 9.08. The number of rotatable bonds is 4. The topological polar surface area (TPSA) is 59.1 Å². The highest BCUT2D eigenvalue weighted by Crippen LogP contribution is 2.31. The van der Waals surface area contributed by atoms with E-state index >= 15 is 0 Å². The highest BCUT2D eigenvalue weighted by Gasteiger charge is 2.06. The van der Waals surface area contributed by atoms with Gasteiger partial charge in [-0.3, -0.25) is 5.41 Å². The van der Waals surface area contributed by atoms with Gasteiger partial charge in [-0.1, -0.05) is 47.5 Å². The normalized spacial score (nSPS) is 10.2. The summed E-state index contributed by atoms with van der Waals surface area (Å²) >= 11 is 11.9. The number of ether oxygens (including phenoxy) is 1. The van der Waals surface area contributed by atoms with Gasteiger partial charge in [0.05, 0.1) is 5.02 Å². The monoisotopic (exact) mass is 294 g/mol. The second-order valence-corrected chi connectivity index (χ2v) is 4.74. The average Bonchev–Trinajstić information content (AvgIpc) is 2.41. The van der Waals surface area contributed by atoms with Gasteiger partial charge < -0.3 is 10.5 Å². The van der Waals surface area contributed by atoms with Crippen LogP contribution < -0.4 is 10.5 Å². The Morgan fingerprint density at radius 2 is 1.89 bits per heavy atom. The minimum Gasteiger partial charge on any atom is -0.487 e. The van der Waals surface area contributed by atoms with E-state index in [1.54, 1.807) is 30.3 Å². The lowest BCUT2D eigenvalue weighted by Gasteiger charge is -2.09. The molecule has 0 saturated carbocycles.